The van der Waals surface area contributed by atoms with Gasteiger partial charge in [0.05, 0.1) is 5.75 Å². The number of rotatable bonds is 7. The molecule has 0 saturated carbocycles. The molecule has 0 aliphatic rings. The molecule has 3 rings (SSSR count). The van der Waals surface area contributed by atoms with Crippen LogP contribution in [0.3, 0.4) is 0 Å². The molecule has 28 heavy (non-hydrogen) atoms. The lowest BCUT2D eigenvalue weighted by Gasteiger charge is -2.11. The monoisotopic (exact) mass is 394 g/mol. The van der Waals surface area contributed by atoms with Crippen molar-refractivity contribution < 1.29 is 4.79 Å². The largest absolute Gasteiger partial charge is 0.355 e. The van der Waals surface area contributed by atoms with Gasteiger partial charge >= 0.3 is 0 Å². The maximum Gasteiger partial charge on any atom is 0.230 e. The summed E-state index contributed by atoms with van der Waals surface area (Å²) in [5.41, 5.74) is 4.44. The zero-order chi connectivity index (χ0) is 20.1. The molecule has 0 spiro atoms. The summed E-state index contributed by atoms with van der Waals surface area (Å²) >= 11 is 1.40. The van der Waals surface area contributed by atoms with Crippen molar-refractivity contribution in [2.75, 3.05) is 12.3 Å². The Morgan fingerprint density at radius 3 is 2.50 bits per heavy atom. The van der Waals surface area contributed by atoms with E-state index in [0.29, 0.717) is 23.4 Å². The molecule has 6 heteroatoms. The molecule has 1 N–H and O–H groups in total. The van der Waals surface area contributed by atoms with Crippen molar-refractivity contribution in [3.05, 3.63) is 59.7 Å². The van der Waals surface area contributed by atoms with Gasteiger partial charge in [0, 0.05) is 17.8 Å². The zero-order valence-corrected chi connectivity index (χ0v) is 17.6. The average Bonchev–Trinajstić information content (AvgIpc) is 3.11. The number of carbonyl (C=O) groups excluding carboxylic acids is 1. The van der Waals surface area contributed by atoms with Gasteiger partial charge in [0.25, 0.3) is 0 Å². The Morgan fingerprint density at radius 1 is 1.07 bits per heavy atom. The van der Waals surface area contributed by atoms with Crippen molar-refractivity contribution in [1.82, 2.24) is 20.1 Å². The lowest BCUT2D eigenvalue weighted by molar-refractivity contribution is -0.118. The van der Waals surface area contributed by atoms with Crippen LogP contribution >= 0.6 is 11.8 Å². The van der Waals surface area contributed by atoms with E-state index < -0.39 is 0 Å². The van der Waals surface area contributed by atoms with Crippen LogP contribution in [0.5, 0.6) is 0 Å². The third kappa shape index (κ3) is 4.81. The molecule has 3 aromatic rings. The van der Waals surface area contributed by atoms with Crippen LogP contribution in [0, 0.1) is 19.8 Å². The molecule has 0 saturated heterocycles. The van der Waals surface area contributed by atoms with Gasteiger partial charge < -0.3 is 5.32 Å². The number of hydrogen-bond donors (Lipinski definition) is 1. The highest BCUT2D eigenvalue weighted by Crippen LogP contribution is 2.28. The van der Waals surface area contributed by atoms with Crippen molar-refractivity contribution in [2.45, 2.75) is 32.9 Å². The quantitative estimate of drug-likeness (QED) is 0.603. The summed E-state index contributed by atoms with van der Waals surface area (Å²) in [4.78, 5) is 12.1. The molecule has 1 heterocycles. The number of benzene rings is 2. The molecule has 0 radical (unpaired) electrons. The summed E-state index contributed by atoms with van der Waals surface area (Å²) in [6, 6.07) is 16.3. The summed E-state index contributed by atoms with van der Waals surface area (Å²) in [6.45, 7) is 9.03. The summed E-state index contributed by atoms with van der Waals surface area (Å²) in [5, 5.41) is 12.5. The lowest BCUT2D eigenvalue weighted by Crippen LogP contribution is -2.28. The molecule has 2 aromatic carbocycles. The lowest BCUT2D eigenvalue weighted by atomic mass is 10.1. The third-order valence-electron chi connectivity index (χ3n) is 4.45. The summed E-state index contributed by atoms with van der Waals surface area (Å²) in [7, 11) is 0. The summed E-state index contributed by atoms with van der Waals surface area (Å²) < 4.78 is 2.02. The molecule has 146 valence electrons. The van der Waals surface area contributed by atoms with Crippen LogP contribution in [-0.2, 0) is 4.79 Å². The molecule has 0 aliphatic heterocycles. The molecule has 0 unspecified atom stereocenters. The first-order valence-electron chi connectivity index (χ1n) is 9.43. The number of nitrogens with one attached hydrogen (secondary N) is 1. The van der Waals surface area contributed by atoms with Crippen molar-refractivity contribution in [3.63, 3.8) is 0 Å². The van der Waals surface area contributed by atoms with Crippen LogP contribution in [0.1, 0.15) is 25.0 Å². The molecule has 1 amide bonds. The second kappa shape index (κ2) is 9.06. The van der Waals surface area contributed by atoms with Gasteiger partial charge in [-0.05, 0) is 49.1 Å². The van der Waals surface area contributed by atoms with Crippen molar-refractivity contribution >= 4 is 17.7 Å². The maximum atomic E-state index is 12.1. The average molecular weight is 395 g/mol. The molecule has 1 aromatic heterocycles. The Morgan fingerprint density at radius 2 is 1.82 bits per heavy atom. The van der Waals surface area contributed by atoms with E-state index in [0.717, 1.165) is 17.1 Å². The maximum absolute atomic E-state index is 12.1. The van der Waals surface area contributed by atoms with Gasteiger partial charge in [-0.25, -0.2) is 0 Å². The van der Waals surface area contributed by atoms with Gasteiger partial charge in [-0.3, -0.25) is 9.36 Å². The van der Waals surface area contributed by atoms with Gasteiger partial charge in [-0.1, -0.05) is 55.9 Å². The number of aromatic nitrogens is 3. The van der Waals surface area contributed by atoms with Crippen LogP contribution in [0.15, 0.2) is 53.7 Å². The van der Waals surface area contributed by atoms with Crippen LogP contribution in [0.25, 0.3) is 17.1 Å². The Labute approximate surface area is 170 Å². The van der Waals surface area contributed by atoms with E-state index in [2.05, 4.69) is 61.4 Å². The highest BCUT2D eigenvalue weighted by molar-refractivity contribution is 7.99. The molecule has 0 atom stereocenters. The summed E-state index contributed by atoms with van der Waals surface area (Å²) in [6.07, 6.45) is 0. The second-order valence-corrected chi connectivity index (χ2v) is 8.21. The standard InChI is InChI=1S/C22H26N4OS/c1-15(2)13-23-20(27)14-28-22-25-24-21(18-11-10-16(3)17(4)12-18)26(22)19-8-6-5-7-9-19/h5-12,15H,13-14H2,1-4H3,(H,23,27). The Bertz CT molecular complexity index is 950. The molecule has 0 bridgehead atoms. The molecular formula is C22H26N4OS. The Balaban J connectivity index is 1.92. The second-order valence-electron chi connectivity index (χ2n) is 7.26. The van der Waals surface area contributed by atoms with E-state index >= 15 is 0 Å². The fourth-order valence-corrected chi connectivity index (χ4v) is 3.52. The number of carbonyl (C=O) groups is 1. The first-order valence-corrected chi connectivity index (χ1v) is 10.4. The predicted molar refractivity (Wildman–Crippen MR) is 115 cm³/mol. The molecule has 0 aliphatic carbocycles. The van der Waals surface area contributed by atoms with Crippen molar-refractivity contribution in [2.24, 2.45) is 5.92 Å². The Kier molecular flexibility index (Phi) is 6.52. The number of hydrogen-bond acceptors (Lipinski definition) is 4. The number of nitrogens with zero attached hydrogens (tertiary/aromatic N) is 3. The Hall–Kier alpha value is -2.60. The topological polar surface area (TPSA) is 59.8 Å². The van der Waals surface area contributed by atoms with Crippen molar-refractivity contribution in [3.8, 4) is 17.1 Å². The number of amides is 1. The van der Waals surface area contributed by atoms with E-state index in [1.807, 2.05) is 34.9 Å². The van der Waals surface area contributed by atoms with E-state index in [4.69, 9.17) is 0 Å². The highest BCUT2D eigenvalue weighted by atomic mass is 32.2. The van der Waals surface area contributed by atoms with E-state index in [1.54, 1.807) is 0 Å². The minimum Gasteiger partial charge on any atom is -0.355 e. The van der Waals surface area contributed by atoms with Gasteiger partial charge in [0.15, 0.2) is 11.0 Å². The first kappa shape index (κ1) is 20.1. The fourth-order valence-electron chi connectivity index (χ4n) is 2.74. The minimum absolute atomic E-state index is 0.00837. The van der Waals surface area contributed by atoms with E-state index in [1.165, 1.54) is 22.9 Å². The van der Waals surface area contributed by atoms with Gasteiger partial charge in [0.2, 0.25) is 5.91 Å². The van der Waals surface area contributed by atoms with E-state index in [9.17, 15) is 4.79 Å². The zero-order valence-electron chi connectivity index (χ0n) is 16.8. The van der Waals surface area contributed by atoms with Gasteiger partial charge in [-0.2, -0.15) is 0 Å². The molecule has 5 nitrogen and oxygen atoms in total. The smallest absolute Gasteiger partial charge is 0.230 e. The SMILES string of the molecule is Cc1ccc(-c2nnc(SCC(=O)NCC(C)C)n2-c2ccccc2)cc1C. The van der Waals surface area contributed by atoms with Crippen LogP contribution in [0.2, 0.25) is 0 Å². The normalized spacial score (nSPS) is 11.0. The predicted octanol–water partition coefficient (Wildman–Crippen LogP) is 4.42. The third-order valence-corrected chi connectivity index (χ3v) is 5.38. The number of thioether (sulfide) groups is 1. The van der Waals surface area contributed by atoms with Crippen LogP contribution < -0.4 is 5.32 Å². The number of para-hydroxylation sites is 1. The van der Waals surface area contributed by atoms with Gasteiger partial charge in [0.1, 0.15) is 0 Å². The van der Waals surface area contributed by atoms with Gasteiger partial charge in [-0.15, -0.1) is 10.2 Å². The fraction of sp³-hybridized carbons (Fsp3) is 0.318. The molecule has 0 fully saturated rings. The summed E-state index contributed by atoms with van der Waals surface area (Å²) in [5.74, 6) is 1.52. The van der Waals surface area contributed by atoms with Crippen LogP contribution in [0.4, 0.5) is 0 Å². The van der Waals surface area contributed by atoms with E-state index in [-0.39, 0.29) is 5.91 Å². The number of aryl methyl sites for hydroxylation is 2. The minimum atomic E-state index is 0.00837. The highest BCUT2D eigenvalue weighted by Gasteiger charge is 2.17. The van der Waals surface area contributed by atoms with Crippen molar-refractivity contribution in [1.29, 1.82) is 0 Å². The molecular weight excluding hydrogens is 368 g/mol. The van der Waals surface area contributed by atoms with Crippen LogP contribution in [-0.4, -0.2) is 33.0 Å². The first-order chi connectivity index (χ1) is 13.5.